The van der Waals surface area contributed by atoms with E-state index in [1.54, 1.807) is 0 Å². The number of nitrogens with zero attached hydrogens (tertiary/aromatic N) is 3. The van der Waals surface area contributed by atoms with Gasteiger partial charge in [0.15, 0.2) is 0 Å². The first-order valence-corrected chi connectivity index (χ1v) is 20.1. The standard InChI is InChI=1S/C55H31N3O2/c56-32-36-28-34(33-12-2-1-3-13-33)22-23-39(36)35-29-37(57-46-18-8-4-16-44(46)52-48(57)26-24-42-40-14-6-10-20-50(40)59-54(42)52)31-38(30-35)58-47-19-9-5-17-45(47)53-49(58)27-25-43-41-15-7-11-21-51(41)60-55(43)53/h1-31H. The normalized spacial score (nSPS) is 12.0. The van der Waals surface area contributed by atoms with Gasteiger partial charge in [0.25, 0.3) is 0 Å². The van der Waals surface area contributed by atoms with Crippen molar-refractivity contribution >= 4 is 87.5 Å². The van der Waals surface area contributed by atoms with Gasteiger partial charge in [0.05, 0.1) is 44.5 Å². The van der Waals surface area contributed by atoms with Crippen LogP contribution < -0.4 is 0 Å². The molecule has 60 heavy (non-hydrogen) atoms. The van der Waals surface area contributed by atoms with Crippen molar-refractivity contribution < 1.29 is 8.83 Å². The molecule has 0 bridgehead atoms. The molecule has 0 amide bonds. The summed E-state index contributed by atoms with van der Waals surface area (Å²) in [5.74, 6) is 0. The minimum absolute atomic E-state index is 0.608. The van der Waals surface area contributed by atoms with Gasteiger partial charge >= 0.3 is 0 Å². The number of para-hydroxylation sites is 4. The van der Waals surface area contributed by atoms with Crippen molar-refractivity contribution in [1.82, 2.24) is 9.13 Å². The molecule has 0 saturated heterocycles. The molecule has 4 heterocycles. The maximum absolute atomic E-state index is 10.8. The number of benzene rings is 9. The number of nitriles is 1. The fraction of sp³-hybridized carbons (Fsp3) is 0. The molecule has 5 nitrogen and oxygen atoms in total. The fourth-order valence-electron chi connectivity index (χ4n) is 9.73. The molecule has 0 radical (unpaired) electrons. The lowest BCUT2D eigenvalue weighted by molar-refractivity contribution is 0.672. The third kappa shape index (κ3) is 4.56. The van der Waals surface area contributed by atoms with Crippen LogP contribution in [0, 0.1) is 11.3 Å². The third-order valence-corrected chi connectivity index (χ3v) is 12.3. The highest BCUT2D eigenvalue weighted by atomic mass is 16.3. The average molecular weight is 766 g/mol. The van der Waals surface area contributed by atoms with Crippen LogP contribution in [0.25, 0.3) is 121 Å². The van der Waals surface area contributed by atoms with Crippen molar-refractivity contribution in [3.05, 3.63) is 194 Å². The van der Waals surface area contributed by atoms with Crippen LogP contribution in [0.15, 0.2) is 197 Å². The Morgan fingerprint density at radius 3 is 1.42 bits per heavy atom. The zero-order valence-electron chi connectivity index (χ0n) is 32.1. The molecule has 0 spiro atoms. The molecular weight excluding hydrogens is 735 g/mol. The first kappa shape index (κ1) is 32.7. The van der Waals surface area contributed by atoms with Gasteiger partial charge in [-0.25, -0.2) is 0 Å². The molecular formula is C55H31N3O2. The van der Waals surface area contributed by atoms with Gasteiger partial charge in [-0.05, 0) is 95.1 Å². The van der Waals surface area contributed by atoms with E-state index in [2.05, 4.69) is 155 Å². The lowest BCUT2D eigenvalue weighted by atomic mass is 9.95. The van der Waals surface area contributed by atoms with Crippen molar-refractivity contribution in [3.8, 4) is 39.7 Å². The molecule has 278 valence electrons. The highest BCUT2D eigenvalue weighted by Crippen LogP contribution is 2.44. The Morgan fingerprint density at radius 2 is 0.867 bits per heavy atom. The topological polar surface area (TPSA) is 59.9 Å². The van der Waals surface area contributed by atoms with Crippen LogP contribution in [0.3, 0.4) is 0 Å². The Hall–Kier alpha value is -8.33. The quantitative estimate of drug-likeness (QED) is 0.179. The Bertz CT molecular complexity index is 3760. The van der Waals surface area contributed by atoms with Crippen molar-refractivity contribution in [3.63, 3.8) is 0 Å². The molecule has 0 atom stereocenters. The van der Waals surface area contributed by atoms with Gasteiger partial charge in [-0.1, -0.05) is 115 Å². The van der Waals surface area contributed by atoms with Crippen LogP contribution in [0.5, 0.6) is 0 Å². The van der Waals surface area contributed by atoms with Gasteiger partial charge < -0.3 is 18.0 Å². The van der Waals surface area contributed by atoms with Crippen molar-refractivity contribution in [2.75, 3.05) is 0 Å². The molecule has 0 unspecified atom stereocenters. The van der Waals surface area contributed by atoms with Gasteiger partial charge in [-0.15, -0.1) is 0 Å². The second-order valence-corrected chi connectivity index (χ2v) is 15.6. The molecule has 0 fully saturated rings. The molecule has 0 aliphatic carbocycles. The number of furan rings is 2. The number of rotatable bonds is 4. The summed E-state index contributed by atoms with van der Waals surface area (Å²) in [7, 11) is 0. The minimum atomic E-state index is 0.608. The van der Waals surface area contributed by atoms with Crippen LogP contribution in [0.1, 0.15) is 5.56 Å². The summed E-state index contributed by atoms with van der Waals surface area (Å²) in [6.45, 7) is 0. The molecule has 9 aromatic carbocycles. The average Bonchev–Trinajstić information content (AvgIpc) is 4.06. The molecule has 4 aromatic heterocycles. The second-order valence-electron chi connectivity index (χ2n) is 15.6. The van der Waals surface area contributed by atoms with Gasteiger partial charge in [-0.2, -0.15) is 5.26 Å². The molecule has 13 aromatic rings. The minimum Gasteiger partial charge on any atom is -0.455 e. The Balaban J connectivity index is 1.14. The van der Waals surface area contributed by atoms with E-state index in [9.17, 15) is 5.26 Å². The highest BCUT2D eigenvalue weighted by molar-refractivity contribution is 6.25. The zero-order chi connectivity index (χ0) is 39.5. The van der Waals surface area contributed by atoms with Crippen LogP contribution in [-0.2, 0) is 0 Å². The summed E-state index contributed by atoms with van der Waals surface area (Å²) in [6, 6.07) is 68.2. The predicted molar refractivity (Wildman–Crippen MR) is 245 cm³/mol. The number of aromatic nitrogens is 2. The van der Waals surface area contributed by atoms with E-state index < -0.39 is 0 Å². The summed E-state index contributed by atoms with van der Waals surface area (Å²) in [4.78, 5) is 0. The lowest BCUT2D eigenvalue weighted by Gasteiger charge is -2.17. The van der Waals surface area contributed by atoms with Gasteiger partial charge in [0.1, 0.15) is 22.3 Å². The van der Waals surface area contributed by atoms with Crippen LogP contribution in [-0.4, -0.2) is 9.13 Å². The summed E-state index contributed by atoms with van der Waals surface area (Å²) in [6.07, 6.45) is 0. The van der Waals surface area contributed by atoms with E-state index in [4.69, 9.17) is 8.83 Å². The smallest absolute Gasteiger partial charge is 0.145 e. The molecule has 0 aliphatic rings. The fourth-order valence-corrected chi connectivity index (χ4v) is 9.73. The second kappa shape index (κ2) is 12.3. The van der Waals surface area contributed by atoms with Crippen LogP contribution in [0.2, 0.25) is 0 Å². The maximum Gasteiger partial charge on any atom is 0.145 e. The molecule has 13 rings (SSSR count). The summed E-state index contributed by atoms with van der Waals surface area (Å²) < 4.78 is 18.0. The van der Waals surface area contributed by atoms with E-state index in [1.807, 2.05) is 48.5 Å². The van der Waals surface area contributed by atoms with E-state index in [1.165, 1.54) is 0 Å². The number of hydrogen-bond acceptors (Lipinski definition) is 3. The van der Waals surface area contributed by atoms with E-state index >= 15 is 0 Å². The molecule has 5 heteroatoms. The Kier molecular flexibility index (Phi) is 6.73. The van der Waals surface area contributed by atoms with E-state index in [0.29, 0.717) is 5.56 Å². The first-order chi connectivity index (χ1) is 29.7. The summed E-state index contributed by atoms with van der Waals surface area (Å²) in [5, 5.41) is 19.5. The summed E-state index contributed by atoms with van der Waals surface area (Å²) in [5.41, 5.74) is 14.1. The maximum atomic E-state index is 10.8. The monoisotopic (exact) mass is 765 g/mol. The van der Waals surface area contributed by atoms with E-state index in [0.717, 1.165) is 121 Å². The highest BCUT2D eigenvalue weighted by Gasteiger charge is 2.23. The zero-order valence-corrected chi connectivity index (χ0v) is 32.1. The SMILES string of the molecule is N#Cc1cc(-c2ccccc2)ccc1-c1cc(-n2c3ccccc3c3c4oc5ccccc5c4ccc32)cc(-n2c3ccccc3c3c4oc5ccccc5c4ccc32)c1. The summed E-state index contributed by atoms with van der Waals surface area (Å²) >= 11 is 0. The predicted octanol–water partition coefficient (Wildman–Crippen LogP) is 14.9. The van der Waals surface area contributed by atoms with Crippen LogP contribution in [0.4, 0.5) is 0 Å². The van der Waals surface area contributed by atoms with Gasteiger partial charge in [0, 0.05) is 43.7 Å². The Morgan fingerprint density at radius 1 is 0.367 bits per heavy atom. The van der Waals surface area contributed by atoms with E-state index in [-0.39, 0.29) is 0 Å². The van der Waals surface area contributed by atoms with Crippen molar-refractivity contribution in [2.24, 2.45) is 0 Å². The van der Waals surface area contributed by atoms with Gasteiger partial charge in [-0.3, -0.25) is 0 Å². The number of hydrogen-bond donors (Lipinski definition) is 0. The third-order valence-electron chi connectivity index (χ3n) is 12.3. The molecule has 0 aliphatic heterocycles. The lowest BCUT2D eigenvalue weighted by Crippen LogP contribution is -2.00. The Labute approximate surface area is 342 Å². The van der Waals surface area contributed by atoms with Crippen molar-refractivity contribution in [1.29, 1.82) is 5.26 Å². The largest absolute Gasteiger partial charge is 0.455 e. The molecule has 0 N–H and O–H groups in total. The van der Waals surface area contributed by atoms with Crippen LogP contribution >= 0.6 is 0 Å². The first-order valence-electron chi connectivity index (χ1n) is 20.1. The van der Waals surface area contributed by atoms with Crippen molar-refractivity contribution in [2.45, 2.75) is 0 Å². The van der Waals surface area contributed by atoms with Gasteiger partial charge in [0.2, 0.25) is 0 Å². The molecule has 0 saturated carbocycles. The number of fused-ring (bicyclic) bond motifs is 14.